The number of hydrogen-bond donors (Lipinski definition) is 0. The summed E-state index contributed by atoms with van der Waals surface area (Å²) in [5, 5.41) is 1.25. The summed E-state index contributed by atoms with van der Waals surface area (Å²) in [6.45, 7) is 12.1. The molecular weight excluding hydrogens is 533 g/mol. The first kappa shape index (κ1) is 29.7. The predicted octanol–water partition coefficient (Wildman–Crippen LogP) is 7.57. The van der Waals surface area contributed by atoms with Gasteiger partial charge in [-0.3, -0.25) is 9.69 Å². The number of ether oxygens (including phenoxy) is 2. The van der Waals surface area contributed by atoms with Crippen LogP contribution in [0.15, 0.2) is 41.4 Å². The maximum atomic E-state index is 12.4. The highest BCUT2D eigenvalue weighted by Crippen LogP contribution is 2.33. The molecule has 0 bridgehead atoms. The Morgan fingerprint density at radius 1 is 1.03 bits per heavy atom. The first-order chi connectivity index (χ1) is 18.8. The number of esters is 1. The molecule has 212 valence electrons. The van der Waals surface area contributed by atoms with Crippen molar-refractivity contribution >= 4 is 46.4 Å². The molecule has 2 aliphatic heterocycles. The van der Waals surface area contributed by atoms with Crippen LogP contribution in [0.25, 0.3) is 0 Å². The molecule has 1 unspecified atom stereocenters. The van der Waals surface area contributed by atoms with E-state index in [4.69, 9.17) is 32.7 Å². The monoisotopic (exact) mass is 573 g/mol. The molecule has 8 heteroatoms. The number of carbonyl (C=O) groups is 1. The van der Waals surface area contributed by atoms with Crippen LogP contribution in [0.1, 0.15) is 58.4 Å². The number of anilines is 1. The third kappa shape index (κ3) is 8.86. The molecule has 2 aromatic carbocycles. The molecule has 2 aromatic rings. The second kappa shape index (κ2) is 14.4. The second-order valence-electron chi connectivity index (χ2n) is 11.2. The van der Waals surface area contributed by atoms with Gasteiger partial charge in [-0.05, 0) is 67.8 Å². The normalized spacial score (nSPS) is 16.6. The quantitative estimate of drug-likeness (QED) is 0.205. The van der Waals surface area contributed by atoms with Crippen molar-refractivity contribution in [3.63, 3.8) is 0 Å². The van der Waals surface area contributed by atoms with Gasteiger partial charge in [0.15, 0.2) is 5.90 Å². The van der Waals surface area contributed by atoms with Crippen molar-refractivity contribution in [1.29, 1.82) is 0 Å². The molecule has 1 atom stereocenters. The van der Waals surface area contributed by atoms with Gasteiger partial charge in [0.05, 0.1) is 28.0 Å². The fourth-order valence-corrected chi connectivity index (χ4v) is 5.79. The number of unbranched alkanes of at least 4 members (excludes halogenated alkanes) is 1. The van der Waals surface area contributed by atoms with Crippen LogP contribution >= 0.6 is 23.2 Å². The number of halogens is 2. The highest BCUT2D eigenvalue weighted by molar-refractivity contribution is 6.43. The number of piperazine rings is 1. The first-order valence-corrected chi connectivity index (χ1v) is 15.0. The third-order valence-corrected chi connectivity index (χ3v) is 8.12. The topological polar surface area (TPSA) is 54.4 Å². The van der Waals surface area contributed by atoms with Gasteiger partial charge in [0, 0.05) is 45.1 Å². The molecule has 0 N–H and O–H groups in total. The fraction of sp³-hybridized carbons (Fsp3) is 0.548. The van der Waals surface area contributed by atoms with Crippen LogP contribution < -0.4 is 9.64 Å². The van der Waals surface area contributed by atoms with E-state index in [9.17, 15) is 4.79 Å². The summed E-state index contributed by atoms with van der Waals surface area (Å²) in [5.74, 6) is 2.02. The van der Waals surface area contributed by atoms with Crippen molar-refractivity contribution in [1.82, 2.24) is 4.90 Å². The van der Waals surface area contributed by atoms with Crippen LogP contribution in [0, 0.1) is 11.8 Å². The molecule has 1 saturated heterocycles. The molecule has 0 aliphatic carbocycles. The van der Waals surface area contributed by atoms with E-state index in [1.165, 1.54) is 0 Å². The van der Waals surface area contributed by atoms with E-state index in [1.807, 2.05) is 30.3 Å². The Balaban J connectivity index is 1.17. The van der Waals surface area contributed by atoms with Crippen LogP contribution in [-0.4, -0.2) is 56.1 Å². The first-order valence-electron chi connectivity index (χ1n) is 14.2. The van der Waals surface area contributed by atoms with Gasteiger partial charge in [0.1, 0.15) is 5.75 Å². The van der Waals surface area contributed by atoms with Crippen molar-refractivity contribution in [3.8, 4) is 5.75 Å². The van der Waals surface area contributed by atoms with Crippen molar-refractivity contribution < 1.29 is 14.3 Å². The van der Waals surface area contributed by atoms with Crippen LogP contribution in [0.4, 0.5) is 11.4 Å². The van der Waals surface area contributed by atoms with Gasteiger partial charge < -0.3 is 14.4 Å². The standard InChI is InChI=1S/C31H41Cl2N3O3/c1-22(2)19-23(3)20-30(37)39-29-12-10-24-9-11-25(21-27(24)34-29)38-18-5-4-13-35-14-16-36(17-15-35)28-8-6-7-26(32)31(28)33/h6-9,11,21-23H,4-5,10,12-20H2,1-3H3. The van der Waals surface area contributed by atoms with Gasteiger partial charge in [0.2, 0.25) is 0 Å². The van der Waals surface area contributed by atoms with Crippen molar-refractivity contribution in [2.45, 2.75) is 59.3 Å². The molecule has 2 aliphatic rings. The smallest absolute Gasteiger partial charge is 0.312 e. The van der Waals surface area contributed by atoms with Gasteiger partial charge in [-0.25, -0.2) is 4.99 Å². The van der Waals surface area contributed by atoms with Crippen molar-refractivity contribution in [2.75, 3.05) is 44.2 Å². The highest BCUT2D eigenvalue weighted by atomic mass is 35.5. The summed E-state index contributed by atoms with van der Waals surface area (Å²) in [6, 6.07) is 11.9. The zero-order valence-electron chi connectivity index (χ0n) is 23.4. The fourth-order valence-electron chi connectivity index (χ4n) is 5.38. The minimum Gasteiger partial charge on any atom is -0.494 e. The molecule has 1 fully saturated rings. The number of fused-ring (bicyclic) bond motifs is 1. The van der Waals surface area contributed by atoms with Crippen LogP contribution in [-0.2, 0) is 16.0 Å². The number of aryl methyl sites for hydroxylation is 1. The summed E-state index contributed by atoms with van der Waals surface area (Å²) in [4.78, 5) is 21.8. The van der Waals surface area contributed by atoms with Gasteiger partial charge in [-0.2, -0.15) is 0 Å². The van der Waals surface area contributed by atoms with Gasteiger partial charge >= 0.3 is 5.97 Å². The Labute approximate surface area is 243 Å². The zero-order chi connectivity index (χ0) is 27.8. The van der Waals surface area contributed by atoms with Gasteiger partial charge in [-0.15, -0.1) is 0 Å². The Bertz CT molecular complexity index is 1150. The summed E-state index contributed by atoms with van der Waals surface area (Å²) >= 11 is 12.6. The molecule has 4 rings (SSSR count). The number of hydrogen-bond acceptors (Lipinski definition) is 6. The summed E-state index contributed by atoms with van der Waals surface area (Å²) in [5.41, 5.74) is 3.02. The lowest BCUT2D eigenvalue weighted by molar-refractivity contribution is -0.136. The Hall–Kier alpha value is -2.28. The SMILES string of the molecule is CC(C)CC(C)CC(=O)OC1=Nc2cc(OCCCCN3CCN(c4cccc(Cl)c4Cl)CC3)ccc2CC1. The molecule has 0 radical (unpaired) electrons. The Morgan fingerprint density at radius 2 is 1.82 bits per heavy atom. The lowest BCUT2D eigenvalue weighted by Crippen LogP contribution is -2.46. The van der Waals surface area contributed by atoms with E-state index in [1.54, 1.807) is 0 Å². The van der Waals surface area contributed by atoms with Crippen LogP contribution in [0.3, 0.4) is 0 Å². The van der Waals surface area contributed by atoms with Crippen LogP contribution in [0.5, 0.6) is 5.75 Å². The number of nitrogens with zero attached hydrogens (tertiary/aromatic N) is 3. The van der Waals surface area contributed by atoms with E-state index in [2.05, 4.69) is 41.6 Å². The average molecular weight is 575 g/mol. The number of rotatable bonds is 11. The minimum absolute atomic E-state index is 0.188. The van der Waals surface area contributed by atoms with E-state index < -0.39 is 0 Å². The minimum atomic E-state index is -0.188. The van der Waals surface area contributed by atoms with E-state index >= 15 is 0 Å². The molecule has 0 saturated carbocycles. The Kier molecular flexibility index (Phi) is 11.0. The molecule has 39 heavy (non-hydrogen) atoms. The van der Waals surface area contributed by atoms with E-state index in [0.29, 0.717) is 47.2 Å². The van der Waals surface area contributed by atoms with Gasteiger partial charge in [0.25, 0.3) is 0 Å². The van der Waals surface area contributed by atoms with Crippen molar-refractivity contribution in [2.24, 2.45) is 16.8 Å². The maximum Gasteiger partial charge on any atom is 0.312 e. The molecular formula is C31H41Cl2N3O3. The predicted molar refractivity (Wildman–Crippen MR) is 161 cm³/mol. The molecule has 0 aromatic heterocycles. The summed E-state index contributed by atoms with van der Waals surface area (Å²) in [7, 11) is 0. The molecule has 6 nitrogen and oxygen atoms in total. The lowest BCUT2D eigenvalue weighted by Gasteiger charge is -2.36. The lowest BCUT2D eigenvalue weighted by atomic mass is 9.96. The number of benzene rings is 2. The van der Waals surface area contributed by atoms with Gasteiger partial charge in [-0.1, -0.05) is 56.1 Å². The number of aliphatic imine (C=N–C) groups is 1. The van der Waals surface area contributed by atoms with Crippen molar-refractivity contribution in [3.05, 3.63) is 52.0 Å². The molecule has 0 amide bonds. The second-order valence-corrected chi connectivity index (χ2v) is 12.0. The number of carbonyl (C=O) groups excluding carboxylic acids is 1. The summed E-state index contributed by atoms with van der Waals surface area (Å²) in [6.07, 6.45) is 4.98. The largest absolute Gasteiger partial charge is 0.494 e. The maximum absolute atomic E-state index is 12.4. The highest BCUT2D eigenvalue weighted by Gasteiger charge is 2.20. The zero-order valence-corrected chi connectivity index (χ0v) is 24.9. The van der Waals surface area contributed by atoms with E-state index in [0.717, 1.165) is 81.1 Å². The summed E-state index contributed by atoms with van der Waals surface area (Å²) < 4.78 is 11.6. The Morgan fingerprint density at radius 3 is 2.59 bits per heavy atom. The van der Waals surface area contributed by atoms with E-state index in [-0.39, 0.29) is 5.97 Å². The molecule has 2 heterocycles. The third-order valence-electron chi connectivity index (χ3n) is 7.31. The van der Waals surface area contributed by atoms with Crippen LogP contribution in [0.2, 0.25) is 10.0 Å². The molecule has 0 spiro atoms. The average Bonchev–Trinajstić information content (AvgIpc) is 2.89.